The van der Waals surface area contributed by atoms with Gasteiger partial charge >= 0.3 is 0 Å². The fraction of sp³-hybridized carbons (Fsp3) is 0.150. The molecule has 3 rings (SSSR count). The van der Waals surface area contributed by atoms with Crippen molar-refractivity contribution in [3.05, 3.63) is 83.6 Å². The van der Waals surface area contributed by atoms with Crippen LogP contribution >= 0.6 is 0 Å². The number of aromatic nitrogens is 2. The molecule has 0 aliphatic heterocycles. The summed E-state index contributed by atoms with van der Waals surface area (Å²) >= 11 is 0. The first-order chi connectivity index (χ1) is 12.1. The highest BCUT2D eigenvalue weighted by Crippen LogP contribution is 2.20. The summed E-state index contributed by atoms with van der Waals surface area (Å²) in [7, 11) is 0. The van der Waals surface area contributed by atoms with Crippen molar-refractivity contribution < 1.29 is 9.18 Å². The van der Waals surface area contributed by atoms with Crippen molar-refractivity contribution in [2.45, 2.75) is 13.3 Å². The minimum Gasteiger partial charge on any atom is -0.352 e. The van der Waals surface area contributed by atoms with Gasteiger partial charge in [0.2, 0.25) is 0 Å². The van der Waals surface area contributed by atoms with Crippen LogP contribution in [0, 0.1) is 12.7 Å². The molecule has 5 heteroatoms. The predicted molar refractivity (Wildman–Crippen MR) is 94.6 cm³/mol. The van der Waals surface area contributed by atoms with Crippen LogP contribution in [0.3, 0.4) is 0 Å². The van der Waals surface area contributed by atoms with Crippen LogP contribution in [0.25, 0.3) is 11.3 Å². The zero-order valence-corrected chi connectivity index (χ0v) is 13.9. The van der Waals surface area contributed by atoms with Gasteiger partial charge in [0.1, 0.15) is 11.6 Å². The second-order valence-electron chi connectivity index (χ2n) is 5.68. The number of hydrogen-bond acceptors (Lipinski definition) is 3. The Labute approximate surface area is 145 Å². The first-order valence-corrected chi connectivity index (χ1v) is 8.05. The van der Waals surface area contributed by atoms with Gasteiger partial charge in [-0.15, -0.1) is 0 Å². The molecule has 4 nitrogen and oxygen atoms in total. The van der Waals surface area contributed by atoms with Crippen LogP contribution in [0.2, 0.25) is 0 Å². The molecule has 3 aromatic rings. The lowest BCUT2D eigenvalue weighted by Crippen LogP contribution is -2.26. The minimum atomic E-state index is -0.276. The highest BCUT2D eigenvalue weighted by molar-refractivity contribution is 5.99. The van der Waals surface area contributed by atoms with Gasteiger partial charge in [0.15, 0.2) is 0 Å². The fourth-order valence-corrected chi connectivity index (χ4v) is 2.56. The summed E-state index contributed by atoms with van der Waals surface area (Å²) in [5.74, 6) is 0.0903. The van der Waals surface area contributed by atoms with Crippen LogP contribution in [0.4, 0.5) is 4.39 Å². The number of halogens is 1. The van der Waals surface area contributed by atoms with Gasteiger partial charge in [-0.1, -0.05) is 42.5 Å². The highest BCUT2D eigenvalue weighted by Gasteiger charge is 2.15. The van der Waals surface area contributed by atoms with Crippen LogP contribution in [-0.4, -0.2) is 22.4 Å². The van der Waals surface area contributed by atoms with Gasteiger partial charge in [0.05, 0.1) is 11.3 Å². The number of carbonyl (C=O) groups is 1. The Morgan fingerprint density at radius 1 is 1.12 bits per heavy atom. The van der Waals surface area contributed by atoms with E-state index in [-0.39, 0.29) is 11.7 Å². The number of amides is 1. The third-order valence-electron chi connectivity index (χ3n) is 3.79. The SMILES string of the molecule is Cc1ncc(C(=O)NCCc2cccc(F)c2)c(-c2ccccc2)n1. The van der Waals surface area contributed by atoms with Crippen molar-refractivity contribution in [2.24, 2.45) is 0 Å². The molecule has 0 spiro atoms. The Bertz CT molecular complexity index is 881. The van der Waals surface area contributed by atoms with Crippen LogP contribution in [-0.2, 0) is 6.42 Å². The van der Waals surface area contributed by atoms with Crippen LogP contribution in [0.1, 0.15) is 21.7 Å². The summed E-state index contributed by atoms with van der Waals surface area (Å²) < 4.78 is 13.2. The zero-order valence-electron chi connectivity index (χ0n) is 13.9. The standard InChI is InChI=1S/C20H18FN3O/c1-14-23-13-18(19(24-14)16-7-3-2-4-8-16)20(25)22-11-10-15-6-5-9-17(21)12-15/h2-9,12-13H,10-11H2,1H3,(H,22,25). The lowest BCUT2D eigenvalue weighted by atomic mass is 10.1. The molecule has 1 amide bonds. The van der Waals surface area contributed by atoms with Gasteiger partial charge in [-0.05, 0) is 31.0 Å². The number of rotatable bonds is 5. The Morgan fingerprint density at radius 2 is 1.92 bits per heavy atom. The lowest BCUT2D eigenvalue weighted by Gasteiger charge is -2.10. The third-order valence-corrected chi connectivity index (χ3v) is 3.79. The molecule has 1 heterocycles. The van der Waals surface area contributed by atoms with E-state index in [0.29, 0.717) is 30.0 Å². The average molecular weight is 335 g/mol. The van der Waals surface area contributed by atoms with Gasteiger partial charge in [-0.2, -0.15) is 0 Å². The number of hydrogen-bond donors (Lipinski definition) is 1. The Kier molecular flexibility index (Phi) is 5.14. The highest BCUT2D eigenvalue weighted by atomic mass is 19.1. The Hall–Kier alpha value is -3.08. The summed E-state index contributed by atoms with van der Waals surface area (Å²) in [4.78, 5) is 21.1. The second-order valence-corrected chi connectivity index (χ2v) is 5.68. The summed E-state index contributed by atoms with van der Waals surface area (Å²) in [6.45, 7) is 2.20. The molecule has 2 aromatic carbocycles. The van der Waals surface area contributed by atoms with Crippen molar-refractivity contribution in [3.8, 4) is 11.3 Å². The molecule has 0 bridgehead atoms. The monoisotopic (exact) mass is 335 g/mol. The average Bonchev–Trinajstić information content (AvgIpc) is 2.62. The largest absolute Gasteiger partial charge is 0.352 e. The van der Waals surface area contributed by atoms with Gasteiger partial charge in [-0.3, -0.25) is 4.79 Å². The van der Waals surface area contributed by atoms with Gasteiger partial charge in [-0.25, -0.2) is 14.4 Å². The first kappa shape index (κ1) is 16.8. The molecule has 126 valence electrons. The van der Waals surface area contributed by atoms with Crippen LogP contribution in [0.5, 0.6) is 0 Å². The van der Waals surface area contributed by atoms with E-state index in [0.717, 1.165) is 11.1 Å². The molecule has 0 fully saturated rings. The number of aryl methyl sites for hydroxylation is 1. The number of nitrogens with zero attached hydrogens (tertiary/aromatic N) is 2. The van der Waals surface area contributed by atoms with Gasteiger partial charge in [0.25, 0.3) is 5.91 Å². The summed E-state index contributed by atoms with van der Waals surface area (Å²) in [6.07, 6.45) is 2.10. The molecule has 25 heavy (non-hydrogen) atoms. The molecular formula is C20H18FN3O. The maximum atomic E-state index is 13.2. The fourth-order valence-electron chi connectivity index (χ4n) is 2.56. The van der Waals surface area contributed by atoms with Crippen molar-refractivity contribution in [1.82, 2.24) is 15.3 Å². The van der Waals surface area contributed by atoms with E-state index in [2.05, 4.69) is 15.3 Å². The number of carbonyl (C=O) groups excluding carboxylic acids is 1. The first-order valence-electron chi connectivity index (χ1n) is 8.05. The quantitative estimate of drug-likeness (QED) is 0.775. The lowest BCUT2D eigenvalue weighted by molar-refractivity contribution is 0.0954. The van der Waals surface area contributed by atoms with E-state index in [4.69, 9.17) is 0 Å². The van der Waals surface area contributed by atoms with E-state index in [1.807, 2.05) is 36.4 Å². The van der Waals surface area contributed by atoms with E-state index < -0.39 is 0 Å². The maximum Gasteiger partial charge on any atom is 0.255 e. The van der Waals surface area contributed by atoms with Crippen molar-refractivity contribution in [2.75, 3.05) is 6.54 Å². The molecule has 0 aliphatic carbocycles. The topological polar surface area (TPSA) is 54.9 Å². The van der Waals surface area contributed by atoms with Crippen LogP contribution in [0.15, 0.2) is 60.8 Å². The second kappa shape index (κ2) is 7.66. The summed E-state index contributed by atoms with van der Waals surface area (Å²) in [5.41, 5.74) is 2.74. The van der Waals surface area contributed by atoms with E-state index in [1.54, 1.807) is 19.2 Å². The molecule has 0 atom stereocenters. The molecule has 1 N–H and O–H groups in total. The maximum absolute atomic E-state index is 13.2. The smallest absolute Gasteiger partial charge is 0.255 e. The molecule has 0 unspecified atom stereocenters. The third kappa shape index (κ3) is 4.26. The number of nitrogens with one attached hydrogen (secondary N) is 1. The summed E-state index contributed by atoms with van der Waals surface area (Å²) in [6, 6.07) is 15.9. The van der Waals surface area contributed by atoms with Crippen molar-refractivity contribution in [3.63, 3.8) is 0 Å². The normalized spacial score (nSPS) is 10.5. The minimum absolute atomic E-state index is 0.241. The Morgan fingerprint density at radius 3 is 2.68 bits per heavy atom. The van der Waals surface area contributed by atoms with E-state index in [1.165, 1.54) is 12.1 Å². The zero-order chi connectivity index (χ0) is 17.6. The number of benzene rings is 2. The van der Waals surface area contributed by atoms with E-state index >= 15 is 0 Å². The van der Waals surface area contributed by atoms with Gasteiger partial charge < -0.3 is 5.32 Å². The van der Waals surface area contributed by atoms with Crippen molar-refractivity contribution in [1.29, 1.82) is 0 Å². The molecular weight excluding hydrogens is 317 g/mol. The molecule has 0 radical (unpaired) electrons. The predicted octanol–water partition coefficient (Wildman–Crippen LogP) is 3.56. The molecule has 1 aromatic heterocycles. The van der Waals surface area contributed by atoms with E-state index in [9.17, 15) is 9.18 Å². The van der Waals surface area contributed by atoms with Crippen LogP contribution < -0.4 is 5.32 Å². The molecule has 0 saturated carbocycles. The molecule has 0 aliphatic rings. The van der Waals surface area contributed by atoms with Gasteiger partial charge in [0, 0.05) is 18.3 Å². The molecule has 0 saturated heterocycles. The summed E-state index contributed by atoms with van der Waals surface area (Å²) in [5, 5.41) is 2.86. The Balaban J connectivity index is 1.74. The van der Waals surface area contributed by atoms with Crippen molar-refractivity contribution >= 4 is 5.91 Å².